The molecule has 0 amide bonds. The first-order valence-electron chi connectivity index (χ1n) is 4.77. The Balaban J connectivity index is 2.52. The Hall–Kier alpha value is -1.68. The molecule has 1 aromatic heterocycles. The molecule has 0 radical (unpaired) electrons. The summed E-state index contributed by atoms with van der Waals surface area (Å²) in [5.41, 5.74) is 8.31. The summed E-state index contributed by atoms with van der Waals surface area (Å²) in [6, 6.07) is 5.67. The zero-order valence-electron chi connectivity index (χ0n) is 9.07. The minimum absolute atomic E-state index is 0.312. The smallest absolute Gasteiger partial charge is 0.229 e. The van der Waals surface area contributed by atoms with Crippen LogP contribution in [0, 0.1) is 0 Å². The molecule has 0 bridgehead atoms. The van der Waals surface area contributed by atoms with Crippen molar-refractivity contribution in [2.75, 3.05) is 24.7 Å². The lowest BCUT2D eigenvalue weighted by atomic mass is 10.1. The van der Waals surface area contributed by atoms with Crippen LogP contribution in [0.25, 0.3) is 11.1 Å². The van der Waals surface area contributed by atoms with E-state index in [2.05, 4.69) is 5.16 Å². The van der Waals surface area contributed by atoms with Crippen molar-refractivity contribution in [2.24, 2.45) is 0 Å². The number of nitrogens with zero attached hydrogens (tertiary/aromatic N) is 2. The van der Waals surface area contributed by atoms with Crippen molar-refractivity contribution in [1.82, 2.24) is 5.16 Å². The van der Waals surface area contributed by atoms with Gasteiger partial charge in [-0.2, -0.15) is 0 Å². The summed E-state index contributed by atoms with van der Waals surface area (Å²) in [7, 11) is 3.87. The third-order valence-electron chi connectivity index (χ3n) is 2.34. The molecule has 0 atom stereocenters. The fraction of sp³-hybridized carbons (Fsp3) is 0.182. The SMILES string of the molecule is CN(C)c1cc(-c2cnoc2N)ccc1Cl. The van der Waals surface area contributed by atoms with Gasteiger partial charge in [0.15, 0.2) is 0 Å². The first kappa shape index (κ1) is 10.8. The van der Waals surface area contributed by atoms with E-state index in [0.717, 1.165) is 16.8 Å². The van der Waals surface area contributed by atoms with Crippen molar-refractivity contribution in [3.8, 4) is 11.1 Å². The number of hydrogen-bond donors (Lipinski definition) is 1. The van der Waals surface area contributed by atoms with Crippen LogP contribution >= 0.6 is 11.6 Å². The summed E-state index contributed by atoms with van der Waals surface area (Å²) in [6.45, 7) is 0. The Morgan fingerprint density at radius 3 is 2.69 bits per heavy atom. The number of nitrogens with two attached hydrogens (primary N) is 1. The van der Waals surface area contributed by atoms with Gasteiger partial charge in [0.25, 0.3) is 0 Å². The van der Waals surface area contributed by atoms with Gasteiger partial charge in [0.2, 0.25) is 5.88 Å². The first-order valence-corrected chi connectivity index (χ1v) is 5.15. The van der Waals surface area contributed by atoms with Crippen molar-refractivity contribution in [2.45, 2.75) is 0 Å². The third kappa shape index (κ3) is 1.84. The molecular weight excluding hydrogens is 226 g/mol. The summed E-state index contributed by atoms with van der Waals surface area (Å²) >= 11 is 6.08. The molecule has 2 rings (SSSR count). The normalized spacial score (nSPS) is 10.4. The average molecular weight is 238 g/mol. The second-order valence-corrected chi connectivity index (χ2v) is 4.07. The van der Waals surface area contributed by atoms with Gasteiger partial charge < -0.3 is 15.2 Å². The zero-order valence-corrected chi connectivity index (χ0v) is 9.82. The summed E-state index contributed by atoms with van der Waals surface area (Å²) in [4.78, 5) is 1.94. The van der Waals surface area contributed by atoms with E-state index >= 15 is 0 Å². The lowest BCUT2D eigenvalue weighted by Gasteiger charge is -2.15. The van der Waals surface area contributed by atoms with Gasteiger partial charge in [-0.3, -0.25) is 0 Å². The van der Waals surface area contributed by atoms with Crippen molar-refractivity contribution in [1.29, 1.82) is 0 Å². The molecule has 84 valence electrons. The minimum Gasteiger partial charge on any atom is -0.376 e. The van der Waals surface area contributed by atoms with E-state index in [-0.39, 0.29) is 0 Å². The van der Waals surface area contributed by atoms with Gasteiger partial charge in [0, 0.05) is 14.1 Å². The molecule has 0 aliphatic heterocycles. The Morgan fingerprint density at radius 2 is 2.12 bits per heavy atom. The van der Waals surface area contributed by atoms with Crippen molar-refractivity contribution in [3.63, 3.8) is 0 Å². The number of anilines is 2. The van der Waals surface area contributed by atoms with Crippen LogP contribution in [-0.4, -0.2) is 19.3 Å². The van der Waals surface area contributed by atoms with E-state index in [1.807, 2.05) is 37.2 Å². The van der Waals surface area contributed by atoms with Crippen LogP contribution in [0.3, 0.4) is 0 Å². The molecule has 16 heavy (non-hydrogen) atoms. The van der Waals surface area contributed by atoms with Crippen LogP contribution in [0.15, 0.2) is 28.9 Å². The molecule has 0 saturated carbocycles. The highest BCUT2D eigenvalue weighted by Crippen LogP contribution is 2.32. The van der Waals surface area contributed by atoms with Crippen molar-refractivity contribution < 1.29 is 4.52 Å². The largest absolute Gasteiger partial charge is 0.376 e. The Kier molecular flexibility index (Phi) is 2.75. The molecule has 0 aliphatic carbocycles. The van der Waals surface area contributed by atoms with Crippen LogP contribution < -0.4 is 10.6 Å². The third-order valence-corrected chi connectivity index (χ3v) is 2.66. The lowest BCUT2D eigenvalue weighted by molar-refractivity contribution is 0.436. The monoisotopic (exact) mass is 237 g/mol. The summed E-state index contributed by atoms with van der Waals surface area (Å²) in [6.07, 6.45) is 1.60. The predicted molar refractivity (Wildman–Crippen MR) is 65.7 cm³/mol. The van der Waals surface area contributed by atoms with Crippen LogP contribution in [0.1, 0.15) is 0 Å². The van der Waals surface area contributed by atoms with Crippen LogP contribution in [-0.2, 0) is 0 Å². The first-order chi connectivity index (χ1) is 7.59. The molecule has 0 spiro atoms. The van der Waals surface area contributed by atoms with E-state index in [0.29, 0.717) is 10.9 Å². The number of hydrogen-bond acceptors (Lipinski definition) is 4. The molecule has 0 fully saturated rings. The highest BCUT2D eigenvalue weighted by molar-refractivity contribution is 6.33. The number of nitrogen functional groups attached to an aromatic ring is 1. The summed E-state index contributed by atoms with van der Waals surface area (Å²) < 4.78 is 4.83. The van der Waals surface area contributed by atoms with E-state index in [4.69, 9.17) is 21.9 Å². The number of benzene rings is 1. The van der Waals surface area contributed by atoms with Crippen LogP contribution in [0.5, 0.6) is 0 Å². The van der Waals surface area contributed by atoms with Gasteiger partial charge in [-0.15, -0.1) is 0 Å². The molecule has 2 aromatic rings. The van der Waals surface area contributed by atoms with Gasteiger partial charge in [-0.05, 0) is 17.7 Å². The van der Waals surface area contributed by atoms with E-state index in [1.54, 1.807) is 6.20 Å². The minimum atomic E-state index is 0.312. The molecule has 0 aliphatic rings. The molecule has 4 nitrogen and oxygen atoms in total. The highest BCUT2D eigenvalue weighted by Gasteiger charge is 2.10. The van der Waals surface area contributed by atoms with E-state index < -0.39 is 0 Å². The number of halogens is 1. The standard InChI is InChI=1S/C11H12ClN3O/c1-15(2)10-5-7(3-4-9(10)12)8-6-14-16-11(8)13/h3-6H,13H2,1-2H3. The maximum atomic E-state index is 6.08. The van der Waals surface area contributed by atoms with Crippen LogP contribution in [0.4, 0.5) is 11.6 Å². The topological polar surface area (TPSA) is 55.3 Å². The maximum Gasteiger partial charge on any atom is 0.229 e. The van der Waals surface area contributed by atoms with Crippen LogP contribution in [0.2, 0.25) is 5.02 Å². The van der Waals surface area contributed by atoms with E-state index in [9.17, 15) is 0 Å². The lowest BCUT2D eigenvalue weighted by Crippen LogP contribution is -2.09. The number of rotatable bonds is 2. The summed E-state index contributed by atoms with van der Waals surface area (Å²) in [5.74, 6) is 0.312. The van der Waals surface area contributed by atoms with Gasteiger partial charge >= 0.3 is 0 Å². The Labute approximate surface area is 98.6 Å². The second kappa shape index (κ2) is 4.06. The average Bonchev–Trinajstić information content (AvgIpc) is 2.65. The van der Waals surface area contributed by atoms with Crippen molar-refractivity contribution in [3.05, 3.63) is 29.4 Å². The molecule has 2 N–H and O–H groups in total. The quantitative estimate of drug-likeness (QED) is 0.873. The molecule has 1 heterocycles. The molecule has 0 saturated heterocycles. The molecular formula is C11H12ClN3O. The fourth-order valence-electron chi connectivity index (χ4n) is 1.49. The highest BCUT2D eigenvalue weighted by atomic mass is 35.5. The fourth-order valence-corrected chi connectivity index (χ4v) is 1.77. The molecule has 0 unspecified atom stereocenters. The van der Waals surface area contributed by atoms with Crippen molar-refractivity contribution >= 4 is 23.2 Å². The zero-order chi connectivity index (χ0) is 11.7. The van der Waals surface area contributed by atoms with Gasteiger partial charge in [-0.25, -0.2) is 0 Å². The predicted octanol–water partition coefficient (Wildman–Crippen LogP) is 2.64. The van der Waals surface area contributed by atoms with Gasteiger partial charge in [0.05, 0.1) is 22.5 Å². The van der Waals surface area contributed by atoms with Gasteiger partial charge in [-0.1, -0.05) is 22.8 Å². The van der Waals surface area contributed by atoms with E-state index in [1.165, 1.54) is 0 Å². The van der Waals surface area contributed by atoms with Gasteiger partial charge in [0.1, 0.15) is 0 Å². The molecule has 5 heteroatoms. The Morgan fingerprint density at radius 1 is 1.38 bits per heavy atom. The Bertz CT molecular complexity index is 508. The number of aromatic nitrogens is 1. The maximum absolute atomic E-state index is 6.08. The summed E-state index contributed by atoms with van der Waals surface area (Å²) in [5, 5.41) is 4.35. The molecule has 1 aromatic carbocycles. The second-order valence-electron chi connectivity index (χ2n) is 3.66.